The number of aromatic nitrogens is 2. The van der Waals surface area contributed by atoms with Crippen LogP contribution in [0.2, 0.25) is 0 Å². The van der Waals surface area contributed by atoms with Crippen LogP contribution in [0.5, 0.6) is 0 Å². The van der Waals surface area contributed by atoms with Crippen LogP contribution in [0.25, 0.3) is 0 Å². The Labute approximate surface area is 136 Å². The number of carbonyl (C=O) groups excluding carboxylic acids is 1. The van der Waals surface area contributed by atoms with E-state index in [-0.39, 0.29) is 28.4 Å². The van der Waals surface area contributed by atoms with Crippen molar-refractivity contribution in [2.75, 3.05) is 20.2 Å². The number of hydrogen-bond acceptors (Lipinski definition) is 5. The quantitative estimate of drug-likeness (QED) is 0.774. The molecule has 7 nitrogen and oxygen atoms in total. The SMILES string of the molecule is COC(=O)[C@H]1CC12CCN(S(=O)(=O)c1cn(C(C)C)cn1)CC2. The lowest BCUT2D eigenvalue weighted by atomic mass is 9.92. The fourth-order valence-electron chi connectivity index (χ4n) is 3.41. The van der Waals surface area contributed by atoms with Gasteiger partial charge in [0.1, 0.15) is 0 Å². The minimum absolute atomic E-state index is 0.0452. The fourth-order valence-corrected chi connectivity index (χ4v) is 4.78. The van der Waals surface area contributed by atoms with Crippen LogP contribution in [0, 0.1) is 11.3 Å². The smallest absolute Gasteiger partial charge is 0.309 e. The number of rotatable bonds is 4. The van der Waals surface area contributed by atoms with E-state index in [1.54, 1.807) is 17.1 Å². The van der Waals surface area contributed by atoms with E-state index in [0.29, 0.717) is 25.9 Å². The van der Waals surface area contributed by atoms with Gasteiger partial charge in [-0.05, 0) is 38.5 Å². The molecule has 0 amide bonds. The highest BCUT2D eigenvalue weighted by molar-refractivity contribution is 7.89. The summed E-state index contributed by atoms with van der Waals surface area (Å²) < 4.78 is 33.4. The maximum absolute atomic E-state index is 12.7. The highest BCUT2D eigenvalue weighted by Gasteiger charge is 2.60. The highest BCUT2D eigenvalue weighted by Crippen LogP contribution is 2.60. The number of hydrogen-bond donors (Lipinski definition) is 0. The van der Waals surface area contributed by atoms with Crippen molar-refractivity contribution in [3.8, 4) is 0 Å². The summed E-state index contributed by atoms with van der Waals surface area (Å²) >= 11 is 0. The average molecular weight is 341 g/mol. The number of methoxy groups -OCH3 is 1. The molecule has 8 heteroatoms. The van der Waals surface area contributed by atoms with Gasteiger partial charge in [0.05, 0.1) is 19.4 Å². The van der Waals surface area contributed by atoms with Crippen molar-refractivity contribution in [3.63, 3.8) is 0 Å². The van der Waals surface area contributed by atoms with Crippen LogP contribution in [0.15, 0.2) is 17.6 Å². The van der Waals surface area contributed by atoms with Gasteiger partial charge in [0.2, 0.25) is 0 Å². The third kappa shape index (κ3) is 2.78. The standard InChI is InChI=1S/C15H23N3O4S/c1-11(2)17-9-13(16-10-17)23(20,21)18-6-4-15(5-7-18)8-12(15)14(19)22-3/h9-12H,4-8H2,1-3H3/t12-/m1/s1. The van der Waals surface area contributed by atoms with Gasteiger partial charge >= 0.3 is 5.97 Å². The van der Waals surface area contributed by atoms with Crippen molar-refractivity contribution < 1.29 is 17.9 Å². The predicted octanol–water partition coefficient (Wildman–Crippen LogP) is 1.43. The first-order valence-electron chi connectivity index (χ1n) is 7.92. The summed E-state index contributed by atoms with van der Waals surface area (Å²) in [6, 6.07) is 0.170. The Kier molecular flexibility index (Phi) is 4.00. The van der Waals surface area contributed by atoms with E-state index in [4.69, 9.17) is 4.74 Å². The van der Waals surface area contributed by atoms with Crippen molar-refractivity contribution in [3.05, 3.63) is 12.5 Å². The van der Waals surface area contributed by atoms with Crippen LogP contribution in [0.4, 0.5) is 0 Å². The summed E-state index contributed by atoms with van der Waals surface area (Å²) in [6.07, 6.45) is 5.36. The molecule has 3 rings (SSSR count). The molecule has 1 atom stereocenters. The molecule has 0 radical (unpaired) electrons. The minimum Gasteiger partial charge on any atom is -0.469 e. The van der Waals surface area contributed by atoms with Crippen LogP contribution in [-0.2, 0) is 19.6 Å². The van der Waals surface area contributed by atoms with Gasteiger partial charge in [-0.3, -0.25) is 4.79 Å². The molecule has 2 fully saturated rings. The molecular formula is C15H23N3O4S. The molecule has 1 aliphatic carbocycles. The molecule has 1 aromatic rings. The lowest BCUT2D eigenvalue weighted by molar-refractivity contribution is -0.143. The molecule has 1 saturated heterocycles. The van der Waals surface area contributed by atoms with E-state index in [9.17, 15) is 13.2 Å². The van der Waals surface area contributed by atoms with E-state index >= 15 is 0 Å². The third-order valence-electron chi connectivity index (χ3n) is 5.17. The van der Waals surface area contributed by atoms with Crippen molar-refractivity contribution >= 4 is 16.0 Å². The minimum atomic E-state index is -3.56. The van der Waals surface area contributed by atoms with Crippen molar-refractivity contribution in [2.45, 2.75) is 44.2 Å². The van der Waals surface area contributed by atoms with Gasteiger partial charge in [0.25, 0.3) is 10.0 Å². The third-order valence-corrected chi connectivity index (χ3v) is 6.96. The fraction of sp³-hybridized carbons (Fsp3) is 0.733. The summed E-state index contributed by atoms with van der Waals surface area (Å²) in [5.41, 5.74) is -0.0452. The first-order chi connectivity index (χ1) is 10.8. The van der Waals surface area contributed by atoms with Crippen molar-refractivity contribution in [1.29, 1.82) is 0 Å². The molecule has 128 valence electrons. The Balaban J connectivity index is 1.68. The van der Waals surface area contributed by atoms with E-state index in [1.165, 1.54) is 11.4 Å². The van der Waals surface area contributed by atoms with Crippen molar-refractivity contribution in [1.82, 2.24) is 13.9 Å². The Morgan fingerprint density at radius 2 is 2.04 bits per heavy atom. The number of piperidine rings is 1. The lowest BCUT2D eigenvalue weighted by Gasteiger charge is -2.31. The van der Waals surface area contributed by atoms with Gasteiger partial charge in [-0.2, -0.15) is 4.31 Å². The van der Waals surface area contributed by atoms with Crippen LogP contribution >= 0.6 is 0 Å². The van der Waals surface area contributed by atoms with Crippen LogP contribution in [-0.4, -0.2) is 48.4 Å². The second kappa shape index (κ2) is 5.59. The Morgan fingerprint density at radius 3 is 2.57 bits per heavy atom. The Bertz CT molecular complexity index is 702. The molecule has 0 unspecified atom stereocenters. The summed E-state index contributed by atoms with van der Waals surface area (Å²) in [7, 11) is -2.15. The maximum atomic E-state index is 12.7. The molecule has 1 spiro atoms. The molecular weight excluding hydrogens is 318 g/mol. The maximum Gasteiger partial charge on any atom is 0.309 e. The van der Waals surface area contributed by atoms with Gasteiger partial charge in [-0.15, -0.1) is 0 Å². The number of sulfonamides is 1. The summed E-state index contributed by atoms with van der Waals surface area (Å²) in [5, 5.41) is 0.0995. The summed E-state index contributed by atoms with van der Waals surface area (Å²) in [4.78, 5) is 15.7. The van der Waals surface area contributed by atoms with Crippen molar-refractivity contribution in [2.24, 2.45) is 11.3 Å². The molecule has 1 aromatic heterocycles. The number of nitrogens with zero attached hydrogens (tertiary/aromatic N) is 3. The Hall–Kier alpha value is -1.41. The zero-order valence-corrected chi connectivity index (χ0v) is 14.5. The molecule has 1 aliphatic heterocycles. The lowest BCUT2D eigenvalue weighted by Crippen LogP contribution is -2.40. The van der Waals surface area contributed by atoms with E-state index < -0.39 is 10.0 Å². The highest BCUT2D eigenvalue weighted by atomic mass is 32.2. The first-order valence-corrected chi connectivity index (χ1v) is 9.36. The monoisotopic (exact) mass is 341 g/mol. The van der Waals surface area contributed by atoms with Gasteiger partial charge in [0, 0.05) is 25.3 Å². The zero-order chi connectivity index (χ0) is 16.8. The zero-order valence-electron chi connectivity index (χ0n) is 13.7. The van der Waals surface area contributed by atoms with Gasteiger partial charge in [-0.1, -0.05) is 0 Å². The summed E-state index contributed by atoms with van der Waals surface area (Å²) in [6.45, 7) is 4.82. The molecule has 0 bridgehead atoms. The number of imidazole rings is 1. The predicted molar refractivity (Wildman–Crippen MR) is 83.2 cm³/mol. The summed E-state index contributed by atoms with van der Waals surface area (Å²) in [5.74, 6) is -0.227. The van der Waals surface area contributed by atoms with E-state index in [1.807, 2.05) is 13.8 Å². The number of carbonyl (C=O) groups is 1. The number of ether oxygens (including phenoxy) is 1. The van der Waals surface area contributed by atoms with Gasteiger partial charge in [0.15, 0.2) is 5.03 Å². The van der Waals surface area contributed by atoms with Crippen LogP contribution in [0.3, 0.4) is 0 Å². The van der Waals surface area contributed by atoms with Crippen LogP contribution < -0.4 is 0 Å². The number of esters is 1. The van der Waals surface area contributed by atoms with E-state index in [2.05, 4.69) is 4.98 Å². The molecule has 1 saturated carbocycles. The second-order valence-corrected chi connectivity index (χ2v) is 8.68. The molecule has 2 aliphatic rings. The molecule has 2 heterocycles. The van der Waals surface area contributed by atoms with E-state index in [0.717, 1.165) is 6.42 Å². The molecule has 0 N–H and O–H groups in total. The molecule has 23 heavy (non-hydrogen) atoms. The Morgan fingerprint density at radius 1 is 1.39 bits per heavy atom. The average Bonchev–Trinajstić information content (AvgIpc) is 3.00. The van der Waals surface area contributed by atoms with Crippen LogP contribution in [0.1, 0.15) is 39.2 Å². The molecule has 0 aromatic carbocycles. The topological polar surface area (TPSA) is 81.5 Å². The first kappa shape index (κ1) is 16.4. The second-order valence-electron chi connectivity index (χ2n) is 6.80. The normalized spacial score (nSPS) is 24.1. The largest absolute Gasteiger partial charge is 0.469 e. The van der Waals surface area contributed by atoms with Gasteiger partial charge < -0.3 is 9.30 Å². The van der Waals surface area contributed by atoms with Gasteiger partial charge in [-0.25, -0.2) is 13.4 Å².